The molecule has 1 amide bonds. The Bertz CT molecular complexity index is 736. The van der Waals surface area contributed by atoms with Gasteiger partial charge in [-0.1, -0.05) is 30.3 Å². The third kappa shape index (κ3) is 5.57. The monoisotopic (exact) mass is 370 g/mol. The van der Waals surface area contributed by atoms with Crippen LogP contribution in [0.5, 0.6) is 5.75 Å². The maximum atomic E-state index is 12.1. The number of benzene rings is 1. The van der Waals surface area contributed by atoms with Crippen molar-refractivity contribution < 1.29 is 14.3 Å². The summed E-state index contributed by atoms with van der Waals surface area (Å²) in [6.45, 7) is 8.61. The third-order valence-corrected chi connectivity index (χ3v) is 4.08. The number of amides is 1. The maximum absolute atomic E-state index is 12.1. The van der Waals surface area contributed by atoms with Crippen molar-refractivity contribution in [1.29, 1.82) is 0 Å². The average molecular weight is 370 g/mol. The van der Waals surface area contributed by atoms with E-state index in [1.807, 2.05) is 51.1 Å². The van der Waals surface area contributed by atoms with Gasteiger partial charge in [-0.05, 0) is 26.3 Å². The summed E-state index contributed by atoms with van der Waals surface area (Å²) in [6, 6.07) is 9.97. The molecule has 0 atom stereocenters. The largest absolute Gasteiger partial charge is 0.486 e. The maximum Gasteiger partial charge on any atom is 0.410 e. The minimum atomic E-state index is -0.479. The van der Waals surface area contributed by atoms with Crippen molar-refractivity contribution in [3.63, 3.8) is 0 Å². The molecule has 144 valence electrons. The number of ether oxygens (including phenoxy) is 2. The van der Waals surface area contributed by atoms with Crippen LogP contribution in [0, 0.1) is 0 Å². The van der Waals surface area contributed by atoms with Crippen LogP contribution in [0.15, 0.2) is 42.7 Å². The average Bonchev–Trinajstić information content (AvgIpc) is 2.66. The van der Waals surface area contributed by atoms with Crippen LogP contribution in [-0.4, -0.2) is 52.7 Å². The Kier molecular flexibility index (Phi) is 5.78. The van der Waals surface area contributed by atoms with E-state index in [4.69, 9.17) is 9.47 Å². The molecule has 2 heterocycles. The lowest BCUT2D eigenvalue weighted by Gasteiger charge is -2.35. The molecule has 0 aliphatic carbocycles. The quantitative estimate of drug-likeness (QED) is 0.824. The number of anilines is 1. The second-order valence-corrected chi connectivity index (χ2v) is 7.45. The van der Waals surface area contributed by atoms with Gasteiger partial charge in [-0.25, -0.2) is 14.8 Å². The SMILES string of the molecule is CC(C)(C)OC(=O)N1CCN(c2ncc(OCc3ccccc3)cn2)CC1. The molecule has 3 rings (SSSR count). The molecular formula is C20H26N4O3. The summed E-state index contributed by atoms with van der Waals surface area (Å²) in [5.74, 6) is 1.28. The molecule has 1 fully saturated rings. The molecule has 1 aromatic carbocycles. The molecule has 27 heavy (non-hydrogen) atoms. The molecule has 7 heteroatoms. The van der Waals surface area contributed by atoms with Gasteiger partial charge in [0.05, 0.1) is 12.4 Å². The Morgan fingerprint density at radius 3 is 2.26 bits per heavy atom. The number of nitrogens with zero attached hydrogens (tertiary/aromatic N) is 4. The molecule has 2 aromatic rings. The predicted molar refractivity (Wildman–Crippen MR) is 103 cm³/mol. The van der Waals surface area contributed by atoms with Gasteiger partial charge < -0.3 is 19.3 Å². The highest BCUT2D eigenvalue weighted by atomic mass is 16.6. The van der Waals surface area contributed by atoms with Crippen LogP contribution >= 0.6 is 0 Å². The highest BCUT2D eigenvalue weighted by Gasteiger charge is 2.26. The van der Waals surface area contributed by atoms with Crippen molar-refractivity contribution in [1.82, 2.24) is 14.9 Å². The van der Waals surface area contributed by atoms with Crippen LogP contribution in [-0.2, 0) is 11.3 Å². The second-order valence-electron chi connectivity index (χ2n) is 7.45. The van der Waals surface area contributed by atoms with Crippen LogP contribution in [0.3, 0.4) is 0 Å². The second kappa shape index (κ2) is 8.24. The van der Waals surface area contributed by atoms with Crippen molar-refractivity contribution in [2.24, 2.45) is 0 Å². The lowest BCUT2D eigenvalue weighted by molar-refractivity contribution is 0.0240. The molecule has 0 bridgehead atoms. The Labute approximate surface area is 159 Å². The minimum absolute atomic E-state index is 0.271. The van der Waals surface area contributed by atoms with Gasteiger partial charge in [0.25, 0.3) is 0 Å². The van der Waals surface area contributed by atoms with Crippen molar-refractivity contribution in [3.05, 3.63) is 48.3 Å². The van der Waals surface area contributed by atoms with E-state index in [1.54, 1.807) is 17.3 Å². The number of hydrogen-bond donors (Lipinski definition) is 0. The Balaban J connectivity index is 1.49. The zero-order valence-corrected chi connectivity index (χ0v) is 16.1. The number of aromatic nitrogens is 2. The minimum Gasteiger partial charge on any atom is -0.486 e. The summed E-state index contributed by atoms with van der Waals surface area (Å²) in [4.78, 5) is 24.7. The number of carbonyl (C=O) groups excluding carboxylic acids is 1. The first-order chi connectivity index (χ1) is 12.9. The van der Waals surface area contributed by atoms with Crippen molar-refractivity contribution in [3.8, 4) is 5.75 Å². The fourth-order valence-electron chi connectivity index (χ4n) is 2.70. The van der Waals surface area contributed by atoms with E-state index >= 15 is 0 Å². The van der Waals surface area contributed by atoms with Crippen LogP contribution in [0.2, 0.25) is 0 Å². The van der Waals surface area contributed by atoms with Crippen molar-refractivity contribution >= 4 is 12.0 Å². The van der Waals surface area contributed by atoms with E-state index in [2.05, 4.69) is 14.9 Å². The normalized spacial score (nSPS) is 14.8. The molecule has 7 nitrogen and oxygen atoms in total. The van der Waals surface area contributed by atoms with Gasteiger partial charge in [0.2, 0.25) is 5.95 Å². The predicted octanol–water partition coefficient (Wildman–Crippen LogP) is 3.11. The number of piperazine rings is 1. The third-order valence-electron chi connectivity index (χ3n) is 4.08. The zero-order valence-electron chi connectivity index (χ0n) is 16.1. The van der Waals surface area contributed by atoms with Gasteiger partial charge in [0, 0.05) is 26.2 Å². The fourth-order valence-corrected chi connectivity index (χ4v) is 2.70. The summed E-state index contributed by atoms with van der Waals surface area (Å²) < 4.78 is 11.1. The molecule has 0 unspecified atom stereocenters. The molecule has 0 saturated carbocycles. The van der Waals surface area contributed by atoms with Crippen LogP contribution in [0.4, 0.5) is 10.7 Å². The zero-order chi connectivity index (χ0) is 19.3. The smallest absolute Gasteiger partial charge is 0.410 e. The number of carbonyl (C=O) groups is 1. The van der Waals surface area contributed by atoms with E-state index < -0.39 is 5.60 Å². The first kappa shape index (κ1) is 18.9. The molecule has 0 radical (unpaired) electrons. The molecule has 1 aliphatic heterocycles. The summed E-state index contributed by atoms with van der Waals surface area (Å²) in [7, 11) is 0. The molecular weight excluding hydrogens is 344 g/mol. The van der Waals surface area contributed by atoms with Gasteiger partial charge in [0.1, 0.15) is 12.2 Å². The molecule has 1 aliphatic rings. The Hall–Kier alpha value is -2.83. The number of hydrogen-bond acceptors (Lipinski definition) is 6. The van der Waals surface area contributed by atoms with E-state index in [0.717, 1.165) is 5.56 Å². The summed E-state index contributed by atoms with van der Waals surface area (Å²) in [5, 5.41) is 0. The van der Waals surface area contributed by atoms with E-state index in [1.165, 1.54) is 0 Å². The molecule has 1 aromatic heterocycles. The first-order valence-corrected chi connectivity index (χ1v) is 9.12. The topological polar surface area (TPSA) is 67.8 Å². The van der Waals surface area contributed by atoms with Gasteiger partial charge in [-0.15, -0.1) is 0 Å². The lowest BCUT2D eigenvalue weighted by Crippen LogP contribution is -2.50. The van der Waals surface area contributed by atoms with Crippen molar-refractivity contribution in [2.75, 3.05) is 31.1 Å². The first-order valence-electron chi connectivity index (χ1n) is 9.12. The van der Waals surface area contributed by atoms with E-state index in [9.17, 15) is 4.79 Å². The number of rotatable bonds is 4. The molecule has 1 saturated heterocycles. The van der Waals surface area contributed by atoms with Gasteiger partial charge in [0.15, 0.2) is 5.75 Å². The van der Waals surface area contributed by atoms with E-state index in [0.29, 0.717) is 44.5 Å². The highest BCUT2D eigenvalue weighted by Crippen LogP contribution is 2.17. The van der Waals surface area contributed by atoms with Crippen LogP contribution < -0.4 is 9.64 Å². The van der Waals surface area contributed by atoms with Gasteiger partial charge >= 0.3 is 6.09 Å². The highest BCUT2D eigenvalue weighted by molar-refractivity contribution is 5.68. The van der Waals surface area contributed by atoms with Crippen molar-refractivity contribution in [2.45, 2.75) is 33.0 Å². The van der Waals surface area contributed by atoms with Gasteiger partial charge in [-0.2, -0.15) is 0 Å². The summed E-state index contributed by atoms with van der Waals surface area (Å²) in [6.07, 6.45) is 3.10. The summed E-state index contributed by atoms with van der Waals surface area (Å²) >= 11 is 0. The Morgan fingerprint density at radius 2 is 1.67 bits per heavy atom. The van der Waals surface area contributed by atoms with E-state index in [-0.39, 0.29) is 6.09 Å². The fraction of sp³-hybridized carbons (Fsp3) is 0.450. The lowest BCUT2D eigenvalue weighted by atomic mass is 10.2. The van der Waals surface area contributed by atoms with Gasteiger partial charge in [-0.3, -0.25) is 0 Å². The standard InChI is InChI=1S/C20H26N4O3/c1-20(2,3)27-19(25)24-11-9-23(10-12-24)18-21-13-17(14-22-18)26-15-16-7-5-4-6-8-16/h4-8,13-14H,9-12,15H2,1-3H3. The Morgan fingerprint density at radius 1 is 1.04 bits per heavy atom. The molecule has 0 spiro atoms. The summed E-state index contributed by atoms with van der Waals surface area (Å²) in [5.41, 5.74) is 0.618. The molecule has 0 N–H and O–H groups in total. The van der Waals surface area contributed by atoms with Crippen LogP contribution in [0.1, 0.15) is 26.3 Å². The van der Waals surface area contributed by atoms with Crippen LogP contribution in [0.25, 0.3) is 0 Å².